The summed E-state index contributed by atoms with van der Waals surface area (Å²) in [5.74, 6) is -0.584. The van der Waals surface area contributed by atoms with E-state index in [-0.39, 0.29) is 11.5 Å². The molecule has 0 aliphatic rings. The molecule has 4 heteroatoms. The molecule has 1 rings (SSSR count). The van der Waals surface area contributed by atoms with Gasteiger partial charge in [0, 0.05) is 6.54 Å². The summed E-state index contributed by atoms with van der Waals surface area (Å²) in [4.78, 5) is 11.3. The summed E-state index contributed by atoms with van der Waals surface area (Å²) in [5.41, 5.74) is 0.0700. The molecule has 13 heavy (non-hydrogen) atoms. The van der Waals surface area contributed by atoms with Gasteiger partial charge < -0.3 is 9.73 Å². The van der Waals surface area contributed by atoms with Gasteiger partial charge in [-0.15, -0.1) is 0 Å². The van der Waals surface area contributed by atoms with E-state index < -0.39 is 5.95 Å². The van der Waals surface area contributed by atoms with Crippen LogP contribution in [0.1, 0.15) is 24.2 Å². The highest BCUT2D eigenvalue weighted by Crippen LogP contribution is 2.17. The molecule has 4 nitrogen and oxygen atoms in total. The minimum absolute atomic E-state index is 0.0700. The van der Waals surface area contributed by atoms with E-state index in [1.165, 1.54) is 12.3 Å². The molecule has 0 spiro atoms. The van der Waals surface area contributed by atoms with Gasteiger partial charge in [0.1, 0.15) is 5.56 Å². The van der Waals surface area contributed by atoms with Gasteiger partial charge in [0.15, 0.2) is 0 Å². The predicted octanol–water partition coefficient (Wildman–Crippen LogP) is 1.81. The molecule has 1 aromatic rings. The van der Waals surface area contributed by atoms with Crippen LogP contribution in [-0.4, -0.2) is 12.5 Å². The standard InChI is InChI=1S/C9H12NO3/c1-6(2)5-10-8(11)7-3-4-13-9(7)12/h3-4,6H,5H2,1-2H3,(H,10,11). The van der Waals surface area contributed by atoms with Crippen molar-refractivity contribution in [1.29, 1.82) is 0 Å². The second kappa shape index (κ2) is 3.98. The highest BCUT2D eigenvalue weighted by Gasteiger charge is 2.14. The van der Waals surface area contributed by atoms with E-state index in [4.69, 9.17) is 0 Å². The summed E-state index contributed by atoms with van der Waals surface area (Å²) in [6, 6.07) is 1.37. The van der Waals surface area contributed by atoms with Crippen molar-refractivity contribution in [3.8, 4) is 5.95 Å². The first kappa shape index (κ1) is 9.64. The topological polar surface area (TPSA) is 62.1 Å². The van der Waals surface area contributed by atoms with Gasteiger partial charge in [-0.05, 0) is 12.0 Å². The van der Waals surface area contributed by atoms with Crippen LogP contribution in [0.2, 0.25) is 0 Å². The van der Waals surface area contributed by atoms with Crippen LogP contribution in [0, 0.1) is 5.92 Å². The average molecular weight is 182 g/mol. The van der Waals surface area contributed by atoms with Gasteiger partial charge in [-0.3, -0.25) is 4.79 Å². The lowest BCUT2D eigenvalue weighted by Crippen LogP contribution is -2.26. The lowest BCUT2D eigenvalue weighted by atomic mass is 10.2. The summed E-state index contributed by atoms with van der Waals surface area (Å²) < 4.78 is 4.48. The molecule has 71 valence electrons. The molecule has 0 saturated carbocycles. The SMILES string of the molecule is CC(C)CNC(=O)c1ccoc1[O]. The van der Waals surface area contributed by atoms with Crippen molar-refractivity contribution in [1.82, 2.24) is 5.32 Å². The Morgan fingerprint density at radius 3 is 2.77 bits per heavy atom. The van der Waals surface area contributed by atoms with Crippen LogP contribution >= 0.6 is 0 Å². The molecular formula is C9H12NO3. The van der Waals surface area contributed by atoms with Gasteiger partial charge in [0.2, 0.25) is 0 Å². The molecule has 0 aliphatic carbocycles. The molecule has 0 unspecified atom stereocenters. The molecule has 0 aliphatic heterocycles. The van der Waals surface area contributed by atoms with Crippen molar-refractivity contribution < 1.29 is 14.3 Å². The molecule has 1 N–H and O–H groups in total. The summed E-state index contributed by atoms with van der Waals surface area (Å²) in [6.07, 6.45) is 1.21. The number of carbonyl (C=O) groups excluding carboxylic acids is 1. The number of nitrogens with one attached hydrogen (secondary N) is 1. The zero-order valence-electron chi connectivity index (χ0n) is 7.66. The first-order valence-corrected chi connectivity index (χ1v) is 4.14. The molecule has 1 heterocycles. The number of amides is 1. The third-order valence-corrected chi connectivity index (χ3v) is 1.55. The first-order chi connectivity index (χ1) is 6.11. The molecular weight excluding hydrogens is 170 g/mol. The molecule has 1 amide bonds. The normalized spacial score (nSPS) is 10.4. The molecule has 0 aromatic carbocycles. The Morgan fingerprint density at radius 1 is 1.62 bits per heavy atom. The Morgan fingerprint density at radius 2 is 2.31 bits per heavy atom. The first-order valence-electron chi connectivity index (χ1n) is 4.14. The van der Waals surface area contributed by atoms with Gasteiger partial charge in [-0.2, -0.15) is 0 Å². The van der Waals surface area contributed by atoms with E-state index in [0.29, 0.717) is 12.5 Å². The lowest BCUT2D eigenvalue weighted by molar-refractivity contribution is 0.0940. The van der Waals surface area contributed by atoms with Crippen LogP contribution in [0.25, 0.3) is 0 Å². The molecule has 0 saturated heterocycles. The number of carbonyl (C=O) groups is 1. The molecule has 1 aromatic heterocycles. The predicted molar refractivity (Wildman–Crippen MR) is 46.0 cm³/mol. The average Bonchev–Trinajstić information content (AvgIpc) is 2.47. The van der Waals surface area contributed by atoms with Gasteiger partial charge in [0.25, 0.3) is 5.91 Å². The van der Waals surface area contributed by atoms with Gasteiger partial charge >= 0.3 is 5.95 Å². The van der Waals surface area contributed by atoms with E-state index in [9.17, 15) is 9.90 Å². The van der Waals surface area contributed by atoms with E-state index in [2.05, 4.69) is 9.73 Å². The molecule has 0 fully saturated rings. The van der Waals surface area contributed by atoms with E-state index in [1.54, 1.807) is 0 Å². The fraction of sp³-hybridized carbons (Fsp3) is 0.444. The minimum atomic E-state index is -0.582. The van der Waals surface area contributed by atoms with Crippen molar-refractivity contribution in [2.75, 3.05) is 6.54 Å². The number of hydrogen-bond donors (Lipinski definition) is 1. The zero-order chi connectivity index (χ0) is 9.84. The number of hydrogen-bond acceptors (Lipinski definition) is 2. The molecule has 0 bridgehead atoms. The van der Waals surface area contributed by atoms with Crippen molar-refractivity contribution in [2.24, 2.45) is 5.92 Å². The van der Waals surface area contributed by atoms with Crippen LogP contribution in [0.5, 0.6) is 5.95 Å². The fourth-order valence-electron chi connectivity index (χ4n) is 0.856. The second-order valence-corrected chi connectivity index (χ2v) is 3.23. The van der Waals surface area contributed by atoms with E-state index in [1.807, 2.05) is 13.8 Å². The lowest BCUT2D eigenvalue weighted by Gasteiger charge is -2.05. The summed E-state index contributed by atoms with van der Waals surface area (Å²) in [6.45, 7) is 4.52. The third-order valence-electron chi connectivity index (χ3n) is 1.55. The maximum Gasteiger partial charge on any atom is 0.348 e. The largest absolute Gasteiger partial charge is 0.431 e. The third kappa shape index (κ3) is 2.50. The highest BCUT2D eigenvalue weighted by molar-refractivity contribution is 5.95. The summed E-state index contributed by atoms with van der Waals surface area (Å²) >= 11 is 0. The quantitative estimate of drug-likeness (QED) is 0.774. The Balaban J connectivity index is 2.54. The Kier molecular flexibility index (Phi) is 2.95. The zero-order valence-corrected chi connectivity index (χ0v) is 7.66. The Labute approximate surface area is 76.6 Å². The summed E-state index contributed by atoms with van der Waals surface area (Å²) in [5, 5.41) is 13.5. The number of rotatable bonds is 3. The molecule has 0 atom stereocenters. The van der Waals surface area contributed by atoms with Crippen LogP contribution < -0.4 is 5.32 Å². The fourth-order valence-corrected chi connectivity index (χ4v) is 0.856. The maximum atomic E-state index is 11.3. The van der Waals surface area contributed by atoms with Gasteiger partial charge in [0.05, 0.1) is 6.26 Å². The maximum absolute atomic E-state index is 11.3. The van der Waals surface area contributed by atoms with E-state index in [0.717, 1.165) is 0 Å². The van der Waals surface area contributed by atoms with Crippen LogP contribution in [0.15, 0.2) is 16.7 Å². The van der Waals surface area contributed by atoms with Crippen LogP contribution in [0.3, 0.4) is 0 Å². The smallest absolute Gasteiger partial charge is 0.348 e. The Hall–Kier alpha value is -1.45. The van der Waals surface area contributed by atoms with Crippen molar-refractivity contribution >= 4 is 5.91 Å². The molecule has 1 radical (unpaired) electrons. The van der Waals surface area contributed by atoms with Crippen molar-refractivity contribution in [2.45, 2.75) is 13.8 Å². The Bertz CT molecular complexity index is 291. The second-order valence-electron chi connectivity index (χ2n) is 3.23. The minimum Gasteiger partial charge on any atom is -0.431 e. The summed E-state index contributed by atoms with van der Waals surface area (Å²) in [7, 11) is 0. The van der Waals surface area contributed by atoms with Crippen LogP contribution in [0.4, 0.5) is 0 Å². The van der Waals surface area contributed by atoms with Gasteiger partial charge in [-0.1, -0.05) is 13.8 Å². The highest BCUT2D eigenvalue weighted by atomic mass is 16.5. The number of furan rings is 1. The van der Waals surface area contributed by atoms with Gasteiger partial charge in [-0.25, -0.2) is 5.11 Å². The van der Waals surface area contributed by atoms with Crippen molar-refractivity contribution in [3.05, 3.63) is 17.9 Å². The monoisotopic (exact) mass is 182 g/mol. The van der Waals surface area contributed by atoms with Crippen molar-refractivity contribution in [3.63, 3.8) is 0 Å². The van der Waals surface area contributed by atoms with Crippen LogP contribution in [-0.2, 0) is 5.11 Å². The van der Waals surface area contributed by atoms with E-state index >= 15 is 0 Å².